The van der Waals surface area contributed by atoms with Crippen molar-refractivity contribution in [1.82, 2.24) is 29.5 Å². The first-order valence-electron chi connectivity index (χ1n) is 10.6. The lowest BCUT2D eigenvalue weighted by Gasteiger charge is -2.19. The van der Waals surface area contributed by atoms with Crippen LogP contribution in [0.1, 0.15) is 36.0 Å². The van der Waals surface area contributed by atoms with E-state index in [0.717, 1.165) is 17.0 Å². The first kappa shape index (κ1) is 22.3. The van der Waals surface area contributed by atoms with Crippen LogP contribution in [0.15, 0.2) is 61.1 Å². The normalized spacial score (nSPS) is 11.6. The van der Waals surface area contributed by atoms with Gasteiger partial charge in [0, 0.05) is 18.5 Å². The number of thiophene rings is 1. The van der Waals surface area contributed by atoms with Gasteiger partial charge in [-0.2, -0.15) is 20.2 Å². The lowest BCUT2D eigenvalue weighted by Crippen LogP contribution is -2.14. The molecule has 0 fully saturated rings. The van der Waals surface area contributed by atoms with Gasteiger partial charge in [0.2, 0.25) is 0 Å². The molecule has 12 heteroatoms. The summed E-state index contributed by atoms with van der Waals surface area (Å²) in [5.74, 6) is -0.0565. The Kier molecular flexibility index (Phi) is 5.36. The van der Waals surface area contributed by atoms with Crippen LogP contribution < -0.4 is 5.32 Å². The molecule has 0 saturated heterocycles. The fourth-order valence-corrected chi connectivity index (χ4v) is 4.21. The van der Waals surface area contributed by atoms with Crippen molar-refractivity contribution in [3.63, 3.8) is 0 Å². The van der Waals surface area contributed by atoms with Gasteiger partial charge in [-0.1, -0.05) is 44.2 Å². The number of benzene rings is 1. The molecule has 0 spiro atoms. The maximum atomic E-state index is 12.9. The molecule has 4 heterocycles. The first-order valence-corrected chi connectivity index (χ1v) is 11.4. The van der Waals surface area contributed by atoms with Gasteiger partial charge in [0.15, 0.2) is 5.65 Å². The van der Waals surface area contributed by atoms with Crippen molar-refractivity contribution in [1.29, 1.82) is 0 Å². The second-order valence-corrected chi connectivity index (χ2v) is 9.82. The van der Waals surface area contributed by atoms with Gasteiger partial charge in [-0.3, -0.25) is 14.9 Å². The number of nitrogens with one attached hydrogen (secondary N) is 1. The molecule has 1 amide bonds. The van der Waals surface area contributed by atoms with Crippen LogP contribution >= 0.6 is 11.3 Å². The summed E-state index contributed by atoms with van der Waals surface area (Å²) in [6, 6.07) is 12.5. The van der Waals surface area contributed by atoms with Crippen molar-refractivity contribution in [3.8, 4) is 11.6 Å². The molecule has 5 aromatic rings. The fraction of sp³-hybridized carbons (Fsp3) is 0.174. The second kappa shape index (κ2) is 8.40. The molecule has 1 aromatic carbocycles. The molecule has 0 radical (unpaired) electrons. The number of rotatable bonds is 5. The number of aromatic nitrogens is 6. The van der Waals surface area contributed by atoms with Crippen molar-refractivity contribution in [2.24, 2.45) is 0 Å². The van der Waals surface area contributed by atoms with E-state index >= 15 is 0 Å². The third-order valence-electron chi connectivity index (χ3n) is 5.33. The Labute approximate surface area is 203 Å². The van der Waals surface area contributed by atoms with E-state index in [1.54, 1.807) is 29.3 Å². The van der Waals surface area contributed by atoms with Crippen molar-refractivity contribution in [3.05, 3.63) is 81.6 Å². The zero-order chi connectivity index (χ0) is 24.7. The number of hydrogen-bond acceptors (Lipinski definition) is 8. The SMILES string of the molecule is CC(C)(C)c1ccc(-n2ncc3c(NC(=O)c4ccc([N+](=O)[O-])s4)nc(-n4cccn4)nc32)cc1. The molecule has 0 atom stereocenters. The van der Waals surface area contributed by atoms with E-state index in [4.69, 9.17) is 0 Å². The zero-order valence-corrected chi connectivity index (χ0v) is 19.9. The summed E-state index contributed by atoms with van der Waals surface area (Å²) in [5, 5.41) is 22.8. The zero-order valence-electron chi connectivity index (χ0n) is 19.0. The number of carbonyl (C=O) groups is 1. The summed E-state index contributed by atoms with van der Waals surface area (Å²) in [7, 11) is 0. The summed E-state index contributed by atoms with van der Waals surface area (Å²) in [4.78, 5) is 32.6. The van der Waals surface area contributed by atoms with E-state index in [0.29, 0.717) is 11.0 Å². The molecule has 4 aromatic heterocycles. The smallest absolute Gasteiger partial charge is 0.305 e. The molecular formula is C23H20N8O3S. The largest absolute Gasteiger partial charge is 0.324 e. The lowest BCUT2D eigenvalue weighted by atomic mass is 9.87. The van der Waals surface area contributed by atoms with E-state index in [-0.39, 0.29) is 27.1 Å². The van der Waals surface area contributed by atoms with Gasteiger partial charge in [0.25, 0.3) is 11.9 Å². The Morgan fingerprint density at radius 3 is 2.49 bits per heavy atom. The molecule has 0 aliphatic rings. The van der Waals surface area contributed by atoms with Crippen LogP contribution in [0.2, 0.25) is 0 Å². The Morgan fingerprint density at radius 1 is 1.09 bits per heavy atom. The number of anilines is 1. The molecule has 1 N–H and O–H groups in total. The van der Waals surface area contributed by atoms with E-state index in [9.17, 15) is 14.9 Å². The standard InChI is InChI=1S/C23H20N8O3S/c1-23(2,3)14-5-7-15(8-6-14)30-20-16(13-25-30)19(27-22(28-20)29-12-4-11-24-29)26-21(32)17-9-10-18(35-17)31(33)34/h4-13H,1-3H3,(H,26,27,28,32). The van der Waals surface area contributed by atoms with Crippen molar-refractivity contribution in [2.45, 2.75) is 26.2 Å². The summed E-state index contributed by atoms with van der Waals surface area (Å²) < 4.78 is 3.15. The first-order chi connectivity index (χ1) is 16.7. The van der Waals surface area contributed by atoms with Crippen LogP contribution in [-0.4, -0.2) is 40.4 Å². The number of amides is 1. The molecule has 11 nitrogen and oxygen atoms in total. The van der Waals surface area contributed by atoms with Crippen molar-refractivity contribution >= 4 is 39.1 Å². The average molecular weight is 489 g/mol. The molecule has 5 rings (SSSR count). The van der Waals surface area contributed by atoms with Crippen LogP contribution in [0.3, 0.4) is 0 Å². The predicted octanol–water partition coefficient (Wildman–Crippen LogP) is 4.52. The Bertz CT molecular complexity index is 1550. The number of nitro groups is 1. The predicted molar refractivity (Wildman–Crippen MR) is 131 cm³/mol. The third kappa shape index (κ3) is 4.26. The highest BCUT2D eigenvalue weighted by molar-refractivity contribution is 7.17. The molecule has 0 unspecified atom stereocenters. The van der Waals surface area contributed by atoms with Crippen molar-refractivity contribution < 1.29 is 9.72 Å². The summed E-state index contributed by atoms with van der Waals surface area (Å²) in [5.41, 5.74) is 2.46. The molecule has 176 valence electrons. The minimum Gasteiger partial charge on any atom is -0.305 e. The molecular weight excluding hydrogens is 468 g/mol. The molecule has 0 aliphatic heterocycles. The highest BCUT2D eigenvalue weighted by Gasteiger charge is 2.21. The van der Waals surface area contributed by atoms with Crippen LogP contribution in [0.5, 0.6) is 0 Å². The maximum Gasteiger partial charge on any atom is 0.324 e. The van der Waals surface area contributed by atoms with E-state index in [2.05, 4.69) is 46.3 Å². The van der Waals surface area contributed by atoms with Crippen LogP contribution in [0.25, 0.3) is 22.7 Å². The van der Waals surface area contributed by atoms with Gasteiger partial charge < -0.3 is 5.32 Å². The van der Waals surface area contributed by atoms with Crippen LogP contribution in [-0.2, 0) is 5.41 Å². The van der Waals surface area contributed by atoms with Gasteiger partial charge in [0.05, 0.1) is 27.1 Å². The van der Waals surface area contributed by atoms with Crippen molar-refractivity contribution in [2.75, 3.05) is 5.32 Å². The number of carbonyl (C=O) groups excluding carboxylic acids is 1. The fourth-order valence-electron chi connectivity index (χ4n) is 3.49. The minimum atomic E-state index is -0.533. The average Bonchev–Trinajstić information content (AvgIpc) is 3.59. The summed E-state index contributed by atoms with van der Waals surface area (Å²) >= 11 is 0.788. The number of nitrogens with zero attached hydrogens (tertiary/aromatic N) is 7. The van der Waals surface area contributed by atoms with E-state index in [1.807, 2.05) is 24.3 Å². The summed E-state index contributed by atoms with van der Waals surface area (Å²) in [6.07, 6.45) is 4.86. The van der Waals surface area contributed by atoms with Gasteiger partial charge in [0.1, 0.15) is 5.82 Å². The highest BCUT2D eigenvalue weighted by Crippen LogP contribution is 2.28. The van der Waals surface area contributed by atoms with E-state index in [1.165, 1.54) is 22.4 Å². The quantitative estimate of drug-likeness (QED) is 0.284. The number of hydrogen-bond donors (Lipinski definition) is 1. The highest BCUT2D eigenvalue weighted by atomic mass is 32.1. The van der Waals surface area contributed by atoms with Gasteiger partial charge in [-0.15, -0.1) is 0 Å². The van der Waals surface area contributed by atoms with Gasteiger partial charge in [-0.05, 0) is 35.2 Å². The monoisotopic (exact) mass is 488 g/mol. The van der Waals surface area contributed by atoms with Crippen LogP contribution in [0, 0.1) is 10.1 Å². The third-order valence-corrected chi connectivity index (χ3v) is 6.37. The number of fused-ring (bicyclic) bond motifs is 1. The lowest BCUT2D eigenvalue weighted by molar-refractivity contribution is -0.380. The van der Waals surface area contributed by atoms with Crippen LogP contribution in [0.4, 0.5) is 10.8 Å². The molecule has 0 bridgehead atoms. The molecule has 0 saturated carbocycles. The maximum absolute atomic E-state index is 12.9. The van der Waals surface area contributed by atoms with Gasteiger partial charge >= 0.3 is 5.00 Å². The topological polar surface area (TPSA) is 134 Å². The summed E-state index contributed by atoms with van der Waals surface area (Å²) in [6.45, 7) is 6.43. The van der Waals surface area contributed by atoms with Gasteiger partial charge in [-0.25, -0.2) is 9.36 Å². The molecule has 35 heavy (non-hydrogen) atoms. The van der Waals surface area contributed by atoms with E-state index < -0.39 is 10.8 Å². The Morgan fingerprint density at radius 2 is 1.86 bits per heavy atom. The Balaban J connectivity index is 1.59. The second-order valence-electron chi connectivity index (χ2n) is 8.76. The Hall–Kier alpha value is -4.45. The molecule has 0 aliphatic carbocycles. The minimum absolute atomic E-state index is 0.00840.